The third-order valence-corrected chi connectivity index (χ3v) is 3.63. The minimum atomic E-state index is -0.752. The van der Waals surface area contributed by atoms with E-state index in [9.17, 15) is 13.6 Å². The Bertz CT molecular complexity index is 716. The second-order valence-electron chi connectivity index (χ2n) is 5.36. The largest absolute Gasteiger partial charge is 0.376 e. The SMILES string of the molecule is O=C(NCC1CCCO1)c1cc(Nc2c(F)cccc2F)ncn1. The fraction of sp³-hybridized carbons (Fsp3) is 0.312. The average molecular weight is 334 g/mol. The molecule has 1 amide bonds. The summed E-state index contributed by atoms with van der Waals surface area (Å²) in [5, 5.41) is 5.25. The van der Waals surface area contributed by atoms with Gasteiger partial charge < -0.3 is 15.4 Å². The molecule has 1 aromatic heterocycles. The Balaban J connectivity index is 1.68. The van der Waals surface area contributed by atoms with Crippen molar-refractivity contribution in [3.63, 3.8) is 0 Å². The summed E-state index contributed by atoms with van der Waals surface area (Å²) in [6.45, 7) is 1.10. The molecule has 0 spiro atoms. The van der Waals surface area contributed by atoms with E-state index in [2.05, 4.69) is 20.6 Å². The fourth-order valence-electron chi connectivity index (χ4n) is 2.40. The predicted molar refractivity (Wildman–Crippen MR) is 83.0 cm³/mol. The number of para-hydroxylation sites is 1. The summed E-state index contributed by atoms with van der Waals surface area (Å²) < 4.78 is 32.7. The van der Waals surface area contributed by atoms with E-state index >= 15 is 0 Å². The van der Waals surface area contributed by atoms with E-state index in [1.165, 1.54) is 12.1 Å². The number of amides is 1. The lowest BCUT2D eigenvalue weighted by Crippen LogP contribution is -2.32. The fourth-order valence-corrected chi connectivity index (χ4v) is 2.40. The Morgan fingerprint density at radius 2 is 2.08 bits per heavy atom. The molecule has 8 heteroatoms. The maximum absolute atomic E-state index is 13.6. The van der Waals surface area contributed by atoms with Crippen LogP contribution in [0.1, 0.15) is 23.3 Å². The standard InChI is InChI=1S/C16H16F2N4O2/c17-11-4-1-5-12(18)15(11)22-14-7-13(20-9-21-14)16(23)19-8-10-3-2-6-24-10/h1,4-5,7,9-10H,2-3,6,8H2,(H,19,23)(H,20,21,22). The van der Waals surface area contributed by atoms with Crippen LogP contribution in [0.4, 0.5) is 20.3 Å². The van der Waals surface area contributed by atoms with Gasteiger partial charge in [-0.25, -0.2) is 18.7 Å². The van der Waals surface area contributed by atoms with Crippen LogP contribution in [-0.4, -0.2) is 35.1 Å². The topological polar surface area (TPSA) is 76.1 Å². The molecule has 2 N–H and O–H groups in total. The number of ether oxygens (including phenoxy) is 1. The van der Waals surface area contributed by atoms with Gasteiger partial charge in [-0.15, -0.1) is 0 Å². The molecule has 1 fully saturated rings. The van der Waals surface area contributed by atoms with E-state index in [0.717, 1.165) is 31.3 Å². The second kappa shape index (κ2) is 7.31. The van der Waals surface area contributed by atoms with Crippen LogP contribution in [0.25, 0.3) is 0 Å². The lowest BCUT2D eigenvalue weighted by atomic mass is 10.2. The third-order valence-electron chi connectivity index (χ3n) is 3.63. The molecule has 6 nitrogen and oxygen atoms in total. The van der Waals surface area contributed by atoms with Gasteiger partial charge in [0, 0.05) is 19.2 Å². The number of rotatable bonds is 5. The van der Waals surface area contributed by atoms with Crippen LogP contribution in [0.2, 0.25) is 0 Å². The summed E-state index contributed by atoms with van der Waals surface area (Å²) in [6, 6.07) is 4.85. The number of nitrogens with one attached hydrogen (secondary N) is 2. The quantitative estimate of drug-likeness (QED) is 0.878. The summed E-state index contributed by atoms with van der Waals surface area (Å²) in [4.78, 5) is 19.9. The van der Waals surface area contributed by atoms with Gasteiger partial charge in [0.05, 0.1) is 6.10 Å². The number of hydrogen-bond donors (Lipinski definition) is 2. The molecule has 2 aromatic rings. The van der Waals surface area contributed by atoms with Crippen LogP contribution in [-0.2, 0) is 4.74 Å². The first-order valence-electron chi connectivity index (χ1n) is 7.56. The third kappa shape index (κ3) is 3.83. The van der Waals surface area contributed by atoms with Crippen molar-refractivity contribution in [2.45, 2.75) is 18.9 Å². The molecule has 1 aliphatic rings. The van der Waals surface area contributed by atoms with Crippen molar-refractivity contribution in [3.8, 4) is 0 Å². The van der Waals surface area contributed by atoms with Crippen LogP contribution < -0.4 is 10.6 Å². The van der Waals surface area contributed by atoms with E-state index in [1.807, 2.05) is 0 Å². The van der Waals surface area contributed by atoms with Gasteiger partial charge in [0.15, 0.2) is 0 Å². The highest BCUT2D eigenvalue weighted by molar-refractivity contribution is 5.93. The zero-order valence-corrected chi connectivity index (χ0v) is 12.8. The highest BCUT2D eigenvalue weighted by Crippen LogP contribution is 2.22. The second-order valence-corrected chi connectivity index (χ2v) is 5.36. The Labute approximate surface area is 137 Å². The van der Waals surface area contributed by atoms with E-state index in [1.54, 1.807) is 0 Å². The molecule has 3 rings (SSSR count). The molecular formula is C16H16F2N4O2. The van der Waals surface area contributed by atoms with Crippen LogP contribution in [0.3, 0.4) is 0 Å². The van der Waals surface area contributed by atoms with E-state index in [-0.39, 0.29) is 23.3 Å². The van der Waals surface area contributed by atoms with Crippen LogP contribution in [0.15, 0.2) is 30.6 Å². The number of anilines is 2. The number of carbonyl (C=O) groups excluding carboxylic acids is 1. The van der Waals surface area contributed by atoms with Crippen molar-refractivity contribution in [1.29, 1.82) is 0 Å². The molecule has 0 bridgehead atoms. The highest BCUT2D eigenvalue weighted by atomic mass is 19.1. The van der Waals surface area contributed by atoms with Gasteiger partial charge in [-0.05, 0) is 25.0 Å². The van der Waals surface area contributed by atoms with E-state index in [4.69, 9.17) is 4.74 Å². The van der Waals surface area contributed by atoms with Gasteiger partial charge in [-0.1, -0.05) is 6.07 Å². The van der Waals surface area contributed by atoms with Crippen LogP contribution in [0, 0.1) is 11.6 Å². The molecular weight excluding hydrogens is 318 g/mol. The van der Waals surface area contributed by atoms with Gasteiger partial charge >= 0.3 is 0 Å². The normalized spacial score (nSPS) is 16.8. The van der Waals surface area contributed by atoms with Gasteiger partial charge in [0.2, 0.25) is 0 Å². The maximum atomic E-state index is 13.6. The van der Waals surface area contributed by atoms with E-state index in [0.29, 0.717) is 13.2 Å². The van der Waals surface area contributed by atoms with Crippen LogP contribution >= 0.6 is 0 Å². The Morgan fingerprint density at radius 1 is 1.29 bits per heavy atom. The first-order chi connectivity index (χ1) is 11.6. The lowest BCUT2D eigenvalue weighted by molar-refractivity contribution is 0.0853. The minimum absolute atomic E-state index is 0.0147. The first kappa shape index (κ1) is 16.3. The predicted octanol–water partition coefficient (Wildman–Crippen LogP) is 2.41. The zero-order chi connectivity index (χ0) is 16.9. The summed E-state index contributed by atoms with van der Waals surface area (Å²) >= 11 is 0. The highest BCUT2D eigenvalue weighted by Gasteiger charge is 2.17. The monoisotopic (exact) mass is 334 g/mol. The van der Waals surface area contributed by atoms with Crippen molar-refractivity contribution < 1.29 is 18.3 Å². The Morgan fingerprint density at radius 3 is 2.79 bits per heavy atom. The zero-order valence-electron chi connectivity index (χ0n) is 12.8. The molecule has 0 saturated carbocycles. The number of nitrogens with zero attached hydrogens (tertiary/aromatic N) is 2. The van der Waals surface area contributed by atoms with E-state index < -0.39 is 17.5 Å². The van der Waals surface area contributed by atoms with Crippen molar-refractivity contribution in [3.05, 3.63) is 47.9 Å². The molecule has 1 saturated heterocycles. The molecule has 24 heavy (non-hydrogen) atoms. The lowest BCUT2D eigenvalue weighted by Gasteiger charge is -2.11. The number of hydrogen-bond acceptors (Lipinski definition) is 5. The molecule has 2 heterocycles. The van der Waals surface area contributed by atoms with Crippen molar-refractivity contribution >= 4 is 17.4 Å². The van der Waals surface area contributed by atoms with Gasteiger partial charge in [0.25, 0.3) is 5.91 Å². The Kier molecular flexibility index (Phi) is 4.95. The van der Waals surface area contributed by atoms with Crippen molar-refractivity contribution in [1.82, 2.24) is 15.3 Å². The first-order valence-corrected chi connectivity index (χ1v) is 7.56. The molecule has 1 aliphatic heterocycles. The van der Waals surface area contributed by atoms with Crippen molar-refractivity contribution in [2.75, 3.05) is 18.5 Å². The number of carbonyl (C=O) groups is 1. The summed E-state index contributed by atoms with van der Waals surface area (Å²) in [5.41, 5.74) is -0.232. The van der Waals surface area contributed by atoms with Gasteiger partial charge in [0.1, 0.15) is 35.2 Å². The minimum Gasteiger partial charge on any atom is -0.376 e. The van der Waals surface area contributed by atoms with Crippen LogP contribution in [0.5, 0.6) is 0 Å². The van der Waals surface area contributed by atoms with Gasteiger partial charge in [-0.3, -0.25) is 4.79 Å². The average Bonchev–Trinajstić information content (AvgIpc) is 3.10. The molecule has 0 aliphatic carbocycles. The summed E-state index contributed by atoms with van der Waals surface area (Å²) in [7, 11) is 0. The smallest absolute Gasteiger partial charge is 0.270 e. The summed E-state index contributed by atoms with van der Waals surface area (Å²) in [5.74, 6) is -1.78. The number of benzene rings is 1. The Hall–Kier alpha value is -2.61. The summed E-state index contributed by atoms with van der Waals surface area (Å²) in [6.07, 6.45) is 3.06. The number of halogens is 2. The van der Waals surface area contributed by atoms with Gasteiger partial charge in [-0.2, -0.15) is 0 Å². The molecule has 0 radical (unpaired) electrons. The molecule has 1 atom stereocenters. The molecule has 126 valence electrons. The maximum Gasteiger partial charge on any atom is 0.270 e. The molecule has 1 aromatic carbocycles. The van der Waals surface area contributed by atoms with Crippen molar-refractivity contribution in [2.24, 2.45) is 0 Å². The number of aromatic nitrogens is 2. The molecule has 1 unspecified atom stereocenters.